The Hall–Kier alpha value is -1.15. The third-order valence-corrected chi connectivity index (χ3v) is 5.97. The minimum atomic E-state index is -0.444. The van der Waals surface area contributed by atoms with E-state index in [1.807, 2.05) is 13.8 Å². The Morgan fingerprint density at radius 2 is 2.20 bits per heavy atom. The Balaban J connectivity index is 1.67. The van der Waals surface area contributed by atoms with Crippen LogP contribution in [0.3, 0.4) is 0 Å². The third-order valence-electron chi connectivity index (χ3n) is 3.57. The van der Waals surface area contributed by atoms with E-state index in [9.17, 15) is 9.59 Å². The molecule has 0 radical (unpaired) electrons. The molecule has 108 valence electrons. The average molecular weight is 312 g/mol. The summed E-state index contributed by atoms with van der Waals surface area (Å²) in [6.07, 6.45) is 3.07. The van der Waals surface area contributed by atoms with E-state index < -0.39 is 6.04 Å². The number of nitrogens with one attached hydrogen (secondary N) is 1. The van der Waals surface area contributed by atoms with Crippen LogP contribution in [-0.4, -0.2) is 44.1 Å². The summed E-state index contributed by atoms with van der Waals surface area (Å²) in [7, 11) is 0. The van der Waals surface area contributed by atoms with E-state index in [-0.39, 0.29) is 10.8 Å². The van der Waals surface area contributed by atoms with Crippen molar-refractivity contribution in [2.24, 2.45) is 0 Å². The van der Waals surface area contributed by atoms with E-state index in [1.165, 1.54) is 11.3 Å². The van der Waals surface area contributed by atoms with Gasteiger partial charge in [-0.2, -0.15) is 0 Å². The number of nitrogens with zero attached hydrogens (tertiary/aromatic N) is 3. The summed E-state index contributed by atoms with van der Waals surface area (Å²) in [4.78, 5) is 24.7. The van der Waals surface area contributed by atoms with Crippen LogP contribution in [0.2, 0.25) is 0 Å². The molecule has 0 spiro atoms. The van der Waals surface area contributed by atoms with Crippen LogP contribution in [0.1, 0.15) is 37.6 Å². The van der Waals surface area contributed by atoms with E-state index >= 15 is 0 Å². The van der Waals surface area contributed by atoms with Crippen molar-refractivity contribution in [1.29, 1.82) is 0 Å². The van der Waals surface area contributed by atoms with Crippen molar-refractivity contribution in [3.63, 3.8) is 0 Å². The molecule has 2 fully saturated rings. The molecule has 20 heavy (non-hydrogen) atoms. The van der Waals surface area contributed by atoms with Crippen molar-refractivity contribution in [2.75, 3.05) is 11.1 Å². The topological polar surface area (TPSA) is 75.2 Å². The van der Waals surface area contributed by atoms with Crippen LogP contribution in [0.4, 0.5) is 5.13 Å². The number of thioether (sulfide) groups is 1. The molecule has 3 rings (SSSR count). The molecular formula is C12H16N4O2S2. The van der Waals surface area contributed by atoms with E-state index in [1.54, 1.807) is 16.7 Å². The van der Waals surface area contributed by atoms with Crippen molar-refractivity contribution in [1.82, 2.24) is 15.1 Å². The predicted octanol–water partition coefficient (Wildman–Crippen LogP) is 1.66. The lowest BCUT2D eigenvalue weighted by molar-refractivity contribution is -0.130. The summed E-state index contributed by atoms with van der Waals surface area (Å²) in [6.45, 7) is 3.88. The van der Waals surface area contributed by atoms with Crippen molar-refractivity contribution in [3.8, 4) is 0 Å². The first-order valence-corrected chi connectivity index (χ1v) is 8.33. The highest BCUT2D eigenvalue weighted by atomic mass is 32.2. The lowest BCUT2D eigenvalue weighted by Gasteiger charge is -2.29. The largest absolute Gasteiger partial charge is 0.318 e. The van der Waals surface area contributed by atoms with Gasteiger partial charge in [0, 0.05) is 11.7 Å². The van der Waals surface area contributed by atoms with Crippen molar-refractivity contribution in [3.05, 3.63) is 5.01 Å². The normalized spacial score (nSPS) is 24.7. The molecule has 1 saturated heterocycles. The molecule has 1 aliphatic heterocycles. The Morgan fingerprint density at radius 3 is 2.85 bits per heavy atom. The minimum Gasteiger partial charge on any atom is -0.318 e. The van der Waals surface area contributed by atoms with E-state index in [4.69, 9.17) is 0 Å². The second-order valence-corrected chi connectivity index (χ2v) is 8.13. The predicted molar refractivity (Wildman–Crippen MR) is 78.7 cm³/mol. The van der Waals surface area contributed by atoms with E-state index in [2.05, 4.69) is 15.5 Å². The van der Waals surface area contributed by atoms with Gasteiger partial charge < -0.3 is 4.90 Å². The number of aromatic nitrogens is 2. The molecule has 1 N–H and O–H groups in total. The minimum absolute atomic E-state index is 0.186. The Morgan fingerprint density at radius 1 is 1.45 bits per heavy atom. The maximum Gasteiger partial charge on any atom is 0.249 e. The van der Waals surface area contributed by atoms with Gasteiger partial charge in [-0.25, -0.2) is 0 Å². The van der Waals surface area contributed by atoms with Gasteiger partial charge in [-0.1, -0.05) is 11.3 Å². The monoisotopic (exact) mass is 312 g/mol. The maximum absolute atomic E-state index is 12.3. The van der Waals surface area contributed by atoms with Crippen molar-refractivity contribution < 1.29 is 9.59 Å². The number of carbonyl (C=O) groups excluding carboxylic acids is 2. The van der Waals surface area contributed by atoms with Gasteiger partial charge in [-0.3, -0.25) is 14.9 Å². The average Bonchev–Trinajstić information content (AvgIpc) is 3.06. The van der Waals surface area contributed by atoms with Crippen molar-refractivity contribution in [2.45, 2.75) is 43.5 Å². The first-order valence-electron chi connectivity index (χ1n) is 6.53. The van der Waals surface area contributed by atoms with E-state index in [0.717, 1.165) is 24.3 Å². The molecule has 1 aromatic rings. The third kappa shape index (κ3) is 2.54. The summed E-state index contributed by atoms with van der Waals surface area (Å²) >= 11 is 3.03. The zero-order chi connectivity index (χ0) is 14.3. The van der Waals surface area contributed by atoms with Crippen LogP contribution in [0.15, 0.2) is 0 Å². The second kappa shape index (κ2) is 5.00. The molecule has 1 atom stereocenters. The van der Waals surface area contributed by atoms with E-state index in [0.29, 0.717) is 16.8 Å². The highest BCUT2D eigenvalue weighted by Gasteiger charge is 2.43. The molecule has 1 saturated carbocycles. The lowest BCUT2D eigenvalue weighted by atomic mass is 10.2. The van der Waals surface area contributed by atoms with Gasteiger partial charge in [-0.15, -0.1) is 22.0 Å². The summed E-state index contributed by atoms with van der Waals surface area (Å²) in [6, 6.07) is -0.444. The zero-order valence-corrected chi connectivity index (χ0v) is 13.0. The molecule has 0 aromatic carbocycles. The Labute approximate surface area is 125 Å². The van der Waals surface area contributed by atoms with Crippen LogP contribution >= 0.6 is 23.1 Å². The Kier molecular flexibility index (Phi) is 3.45. The van der Waals surface area contributed by atoms with Gasteiger partial charge in [-0.05, 0) is 26.7 Å². The molecule has 6 nitrogen and oxygen atoms in total. The molecule has 1 unspecified atom stereocenters. The molecule has 2 heterocycles. The van der Waals surface area contributed by atoms with Gasteiger partial charge in [0.1, 0.15) is 11.0 Å². The first-order chi connectivity index (χ1) is 9.51. The first kappa shape index (κ1) is 13.8. The summed E-state index contributed by atoms with van der Waals surface area (Å²) in [5.74, 6) is 0.950. The molecule has 2 amide bonds. The van der Waals surface area contributed by atoms with Crippen molar-refractivity contribution >= 4 is 40.5 Å². The molecule has 0 bridgehead atoms. The summed E-state index contributed by atoms with van der Waals surface area (Å²) in [5.41, 5.74) is 0. The standard InChI is InChI=1S/C12H16N4O2S2/c1-12(2)16(6-17)8(5-19-12)9(18)13-11-15-14-10(20-11)7-3-4-7/h6-8H,3-5H2,1-2H3,(H,13,15,18). The van der Waals surface area contributed by atoms with Gasteiger partial charge in [0.15, 0.2) is 0 Å². The summed E-state index contributed by atoms with van der Waals surface area (Å²) in [5, 5.41) is 12.4. The van der Waals surface area contributed by atoms with Crippen LogP contribution in [0, 0.1) is 0 Å². The second-order valence-electron chi connectivity index (χ2n) is 5.50. The molecule has 1 aromatic heterocycles. The SMILES string of the molecule is CC1(C)SCC(C(=O)Nc2nnc(C3CC3)s2)N1C=O. The number of anilines is 1. The van der Waals surface area contributed by atoms with Crippen LogP contribution < -0.4 is 5.32 Å². The fourth-order valence-corrected chi connectivity index (χ4v) is 4.30. The highest BCUT2D eigenvalue weighted by molar-refractivity contribution is 8.00. The molecule has 2 aliphatic rings. The maximum atomic E-state index is 12.3. The number of hydrogen-bond acceptors (Lipinski definition) is 6. The van der Waals surface area contributed by atoms with Gasteiger partial charge in [0.25, 0.3) is 0 Å². The zero-order valence-electron chi connectivity index (χ0n) is 11.3. The fourth-order valence-electron chi connectivity index (χ4n) is 2.18. The van der Waals surface area contributed by atoms with Gasteiger partial charge in [0.2, 0.25) is 17.4 Å². The number of amides is 2. The fraction of sp³-hybridized carbons (Fsp3) is 0.667. The smallest absolute Gasteiger partial charge is 0.249 e. The summed E-state index contributed by atoms with van der Waals surface area (Å²) < 4.78 is 0. The van der Waals surface area contributed by atoms with Gasteiger partial charge in [0.05, 0.1) is 4.87 Å². The highest BCUT2D eigenvalue weighted by Crippen LogP contribution is 2.42. The van der Waals surface area contributed by atoms with Gasteiger partial charge >= 0.3 is 0 Å². The van der Waals surface area contributed by atoms with Crippen LogP contribution in [0.25, 0.3) is 0 Å². The quantitative estimate of drug-likeness (QED) is 0.856. The number of rotatable bonds is 4. The molecule has 1 aliphatic carbocycles. The number of hydrogen-bond donors (Lipinski definition) is 1. The lowest BCUT2D eigenvalue weighted by Crippen LogP contribution is -2.47. The Bertz CT molecular complexity index is 541. The number of carbonyl (C=O) groups is 2. The molecular weight excluding hydrogens is 296 g/mol. The molecule has 8 heteroatoms. The van der Waals surface area contributed by atoms with Crippen LogP contribution in [-0.2, 0) is 9.59 Å². The van der Waals surface area contributed by atoms with Crippen LogP contribution in [0.5, 0.6) is 0 Å².